The Morgan fingerprint density at radius 2 is 1.73 bits per heavy atom. The molecule has 0 fully saturated rings. The highest BCUT2D eigenvalue weighted by Gasteiger charge is 2.14. The fraction of sp³-hybridized carbons (Fsp3) is 0.276. The number of hydrogen-bond acceptors (Lipinski definition) is 8. The summed E-state index contributed by atoms with van der Waals surface area (Å²) in [6.07, 6.45) is 4.49. The van der Waals surface area contributed by atoms with Crippen molar-refractivity contribution in [2.24, 2.45) is 0 Å². The van der Waals surface area contributed by atoms with Crippen molar-refractivity contribution in [3.8, 4) is 5.75 Å². The second-order valence-corrected chi connectivity index (χ2v) is 12.5. The second-order valence-electron chi connectivity index (χ2n) is 10.1. The van der Waals surface area contributed by atoms with Crippen molar-refractivity contribution in [2.45, 2.75) is 50.7 Å². The molecule has 4 rings (SSSR count). The largest absolute Gasteiger partial charge is 0.493 e. The van der Waals surface area contributed by atoms with Crippen LogP contribution in [0.4, 0.5) is 10.9 Å². The summed E-state index contributed by atoms with van der Waals surface area (Å²) in [6.45, 7) is 6.05. The lowest BCUT2D eigenvalue weighted by Gasteiger charge is -2.21. The number of benzene rings is 2. The highest BCUT2D eigenvalue weighted by Crippen LogP contribution is 2.23. The van der Waals surface area contributed by atoms with E-state index in [9.17, 15) is 4.79 Å². The summed E-state index contributed by atoms with van der Waals surface area (Å²) in [5.74, 6) is 1.29. The van der Waals surface area contributed by atoms with Crippen molar-refractivity contribution in [1.82, 2.24) is 20.4 Å². The summed E-state index contributed by atoms with van der Waals surface area (Å²) < 4.78 is 5.86. The Bertz CT molecular complexity index is 1410. The standard InChI is InChI=1S/C29H34BN6O2PS/c1-20(17-21-9-4-3-5-10-21)31-25-16-15-23(33-34-25)12-6-7-14-27-35-36-28(40-27)32-26(37)19-22-11-8-13-24(18-22)38-29(2,30)39/h3-5,8-11,13,15-16,18H,1,6-7,12,14,17,19,30,39H2,2H3,(H,31,34)(H,32,36,37). The molecule has 2 unspecified atom stereocenters. The van der Waals surface area contributed by atoms with E-state index < -0.39 is 0 Å². The van der Waals surface area contributed by atoms with Crippen LogP contribution in [0.25, 0.3) is 0 Å². The Morgan fingerprint density at radius 3 is 2.48 bits per heavy atom. The molecule has 2 N–H and O–H groups in total. The zero-order valence-electron chi connectivity index (χ0n) is 22.9. The molecule has 0 radical (unpaired) electrons. The smallest absolute Gasteiger partial charge is 0.230 e. The third-order valence-corrected chi connectivity index (χ3v) is 6.73. The monoisotopic (exact) mass is 572 g/mol. The van der Waals surface area contributed by atoms with E-state index in [0.717, 1.165) is 59.8 Å². The van der Waals surface area contributed by atoms with E-state index in [4.69, 9.17) is 4.74 Å². The van der Waals surface area contributed by atoms with Gasteiger partial charge in [0.1, 0.15) is 10.8 Å². The first-order valence-corrected chi connectivity index (χ1v) is 14.6. The molecule has 11 heteroatoms. The predicted molar refractivity (Wildman–Crippen MR) is 168 cm³/mol. The molecule has 0 bridgehead atoms. The van der Waals surface area contributed by atoms with Gasteiger partial charge in [-0.2, -0.15) is 5.10 Å². The van der Waals surface area contributed by atoms with Gasteiger partial charge in [-0.15, -0.1) is 24.5 Å². The number of rotatable bonds is 14. The SMILES string of the molecule is BC(C)(P)Oc1cccc(CC(=O)Nc2nnc(CCCCc3ccc(NC(=C)Cc4ccccc4)nn3)s2)c1. The fourth-order valence-electron chi connectivity index (χ4n) is 3.99. The molecule has 0 saturated heterocycles. The Hall–Kier alpha value is -3.62. The molecule has 0 aliphatic heterocycles. The van der Waals surface area contributed by atoms with Crippen molar-refractivity contribution in [1.29, 1.82) is 0 Å². The molecular weight excluding hydrogens is 538 g/mol. The average molecular weight is 572 g/mol. The Balaban J connectivity index is 1.15. The number of aryl methyl sites for hydroxylation is 2. The highest BCUT2D eigenvalue weighted by molar-refractivity contribution is 7.21. The van der Waals surface area contributed by atoms with Crippen molar-refractivity contribution < 1.29 is 9.53 Å². The van der Waals surface area contributed by atoms with Gasteiger partial charge in [0.2, 0.25) is 11.0 Å². The molecule has 206 valence electrons. The van der Waals surface area contributed by atoms with Gasteiger partial charge in [0, 0.05) is 18.5 Å². The van der Waals surface area contributed by atoms with Crippen LogP contribution in [0.3, 0.4) is 0 Å². The molecule has 0 saturated carbocycles. The molecule has 0 aliphatic rings. The lowest BCUT2D eigenvalue weighted by Crippen LogP contribution is -2.24. The highest BCUT2D eigenvalue weighted by atomic mass is 32.1. The van der Waals surface area contributed by atoms with Gasteiger partial charge >= 0.3 is 0 Å². The van der Waals surface area contributed by atoms with E-state index in [1.54, 1.807) is 0 Å². The van der Waals surface area contributed by atoms with Crippen LogP contribution in [0.5, 0.6) is 5.75 Å². The molecule has 2 aromatic heterocycles. The maximum absolute atomic E-state index is 12.5. The van der Waals surface area contributed by atoms with Crippen LogP contribution in [-0.4, -0.2) is 39.4 Å². The average Bonchev–Trinajstić information content (AvgIpc) is 3.34. The first kappa shape index (κ1) is 29.4. The fourth-order valence-corrected chi connectivity index (χ4v) is 4.92. The number of hydrogen-bond donors (Lipinski definition) is 2. The number of nitrogens with one attached hydrogen (secondary N) is 2. The van der Waals surface area contributed by atoms with Gasteiger partial charge < -0.3 is 15.4 Å². The number of amides is 1. The van der Waals surface area contributed by atoms with Crippen molar-refractivity contribution in [2.75, 3.05) is 10.6 Å². The molecule has 4 aromatic rings. The lowest BCUT2D eigenvalue weighted by molar-refractivity contribution is -0.115. The maximum atomic E-state index is 12.5. The first-order chi connectivity index (χ1) is 19.2. The van der Waals surface area contributed by atoms with Crippen molar-refractivity contribution in [3.05, 3.63) is 101 Å². The van der Waals surface area contributed by atoms with Crippen LogP contribution in [0.1, 0.15) is 41.6 Å². The summed E-state index contributed by atoms with van der Waals surface area (Å²) in [4.78, 5) is 12.5. The number of ether oxygens (including phenoxy) is 1. The quantitative estimate of drug-likeness (QED) is 0.127. The number of carbonyl (C=O) groups excluding carboxylic acids is 1. The van der Waals surface area contributed by atoms with E-state index in [1.807, 2.05) is 69.4 Å². The van der Waals surface area contributed by atoms with E-state index >= 15 is 0 Å². The zero-order valence-corrected chi connectivity index (χ0v) is 24.9. The third kappa shape index (κ3) is 10.2. The number of nitrogens with zero attached hydrogens (tertiary/aromatic N) is 4. The summed E-state index contributed by atoms with van der Waals surface area (Å²) in [6, 6.07) is 21.7. The molecule has 40 heavy (non-hydrogen) atoms. The molecule has 2 atom stereocenters. The van der Waals surface area contributed by atoms with Crippen LogP contribution in [-0.2, 0) is 30.5 Å². The number of anilines is 2. The van der Waals surface area contributed by atoms with Crippen molar-refractivity contribution in [3.63, 3.8) is 0 Å². The number of aromatic nitrogens is 4. The number of allylic oxidation sites excluding steroid dienone is 1. The molecule has 0 aliphatic carbocycles. The number of carbonyl (C=O) groups is 1. The molecule has 2 heterocycles. The molecule has 8 nitrogen and oxygen atoms in total. The van der Waals surface area contributed by atoms with Gasteiger partial charge in [-0.25, -0.2) is 0 Å². The molecular formula is C29H34BN6O2PS. The van der Waals surface area contributed by atoms with Gasteiger partial charge in [0.05, 0.1) is 17.4 Å². The van der Waals surface area contributed by atoms with Gasteiger partial charge in [-0.3, -0.25) is 4.79 Å². The molecule has 1 amide bonds. The summed E-state index contributed by atoms with van der Waals surface area (Å²) in [5, 5.41) is 24.1. The lowest BCUT2D eigenvalue weighted by atomic mass is 10.0. The van der Waals surface area contributed by atoms with E-state index in [2.05, 4.69) is 59.0 Å². The Morgan fingerprint density at radius 1 is 0.950 bits per heavy atom. The van der Waals surface area contributed by atoms with Crippen LogP contribution < -0.4 is 15.4 Å². The maximum Gasteiger partial charge on any atom is 0.230 e. The summed E-state index contributed by atoms with van der Waals surface area (Å²) >= 11 is 1.41. The van der Waals surface area contributed by atoms with Gasteiger partial charge in [0.25, 0.3) is 0 Å². The minimum atomic E-state index is -0.377. The van der Waals surface area contributed by atoms with Gasteiger partial charge in [0.15, 0.2) is 13.7 Å². The zero-order chi connectivity index (χ0) is 28.4. The molecule has 0 spiro atoms. The van der Waals surface area contributed by atoms with E-state index in [1.165, 1.54) is 16.9 Å². The van der Waals surface area contributed by atoms with Gasteiger partial charge in [-0.1, -0.05) is 60.4 Å². The van der Waals surface area contributed by atoms with Crippen LogP contribution >= 0.6 is 20.6 Å². The Kier molecular flexibility index (Phi) is 10.4. The first-order valence-electron chi connectivity index (χ1n) is 13.2. The van der Waals surface area contributed by atoms with Crippen molar-refractivity contribution >= 4 is 45.3 Å². The normalized spacial score (nSPS) is 12.3. The summed E-state index contributed by atoms with van der Waals surface area (Å²) in [5.41, 5.74) is 3.89. The van der Waals surface area contributed by atoms with E-state index in [0.29, 0.717) is 10.9 Å². The minimum Gasteiger partial charge on any atom is -0.493 e. The second kappa shape index (κ2) is 14.1. The molecule has 2 aromatic carbocycles. The summed E-state index contributed by atoms with van der Waals surface area (Å²) in [7, 11) is 4.61. The van der Waals surface area contributed by atoms with Crippen LogP contribution in [0, 0.1) is 0 Å². The predicted octanol–water partition coefficient (Wildman–Crippen LogP) is 4.80. The number of unbranched alkanes of at least 4 members (excludes halogenated alkanes) is 1. The minimum absolute atomic E-state index is 0.134. The van der Waals surface area contributed by atoms with E-state index in [-0.39, 0.29) is 17.6 Å². The van der Waals surface area contributed by atoms with Crippen LogP contribution in [0.2, 0.25) is 0 Å². The van der Waals surface area contributed by atoms with Gasteiger partial charge in [-0.05, 0) is 61.6 Å². The topological polar surface area (TPSA) is 102 Å². The Labute approximate surface area is 242 Å². The van der Waals surface area contributed by atoms with Crippen LogP contribution in [0.15, 0.2) is 79.0 Å². The third-order valence-electron chi connectivity index (χ3n) is 5.72.